The Balaban J connectivity index is 0.000000196. The maximum atomic E-state index is 4.41. The molecular formula is C42H40Cl2N4SiZr-2. The molecule has 0 radical (unpaired) electrons. The summed E-state index contributed by atoms with van der Waals surface area (Å²) in [5.74, 6) is 0. The molecule has 0 bridgehead atoms. The van der Waals surface area contributed by atoms with Crippen molar-refractivity contribution in [2.24, 2.45) is 0 Å². The number of benzene rings is 4. The first-order valence-corrected chi connectivity index (χ1v) is 22.4. The van der Waals surface area contributed by atoms with Gasteiger partial charge in [0.15, 0.2) is 0 Å². The van der Waals surface area contributed by atoms with Crippen LogP contribution >= 0.6 is 0 Å². The predicted molar refractivity (Wildman–Crippen MR) is 201 cm³/mol. The van der Waals surface area contributed by atoms with Gasteiger partial charge in [-0.1, -0.05) is 84.6 Å². The quantitative estimate of drug-likeness (QED) is 0.189. The van der Waals surface area contributed by atoms with Crippen LogP contribution in [0.5, 0.6) is 0 Å². The largest absolute Gasteiger partial charge is 1.00 e. The van der Waals surface area contributed by atoms with Gasteiger partial charge in [-0.3, -0.25) is 9.36 Å². The normalized spacial score (nSPS) is 10.4. The summed E-state index contributed by atoms with van der Waals surface area (Å²) >= 11 is 1.74. The Morgan fingerprint density at radius 1 is 0.540 bits per heavy atom. The Labute approximate surface area is 323 Å². The maximum Gasteiger partial charge on any atom is 0.0493 e. The average molecular weight is 791 g/mol. The zero-order valence-corrected chi connectivity index (χ0v) is 34.2. The fraction of sp³-hybridized carbons (Fsp3) is 0.143. The van der Waals surface area contributed by atoms with E-state index in [9.17, 15) is 0 Å². The van der Waals surface area contributed by atoms with E-state index in [0.29, 0.717) is 0 Å². The first-order chi connectivity index (χ1) is 23.1. The zero-order valence-electron chi connectivity index (χ0n) is 29.2. The second-order valence-corrected chi connectivity index (χ2v) is 22.1. The van der Waals surface area contributed by atoms with Crippen LogP contribution in [0.3, 0.4) is 0 Å². The standard InChI is InChI=1S/2C20H17N2.C2H6Si.2ClH.Zr/c2*1-14-4-6-16(7-5-14)17-12-18-10-15(2)11-19(18)20(13-17)22-9-3-8-21-22;1-3-2;;;/h2*3-13H,1-2H3;1-2H3;2*1H;/q2*-1;;;;+2/p-2. The van der Waals surface area contributed by atoms with Gasteiger partial charge < -0.3 is 24.8 Å². The van der Waals surface area contributed by atoms with Crippen LogP contribution in [-0.4, -0.2) is 25.0 Å². The third-order valence-corrected chi connectivity index (χ3v) is 8.16. The smallest absolute Gasteiger partial charge is 0.0493 e. The average Bonchev–Trinajstić information content (AvgIpc) is 3.88. The van der Waals surface area contributed by atoms with E-state index in [1.165, 1.54) is 66.1 Å². The second kappa shape index (κ2) is 17.4. The molecule has 0 aliphatic rings. The van der Waals surface area contributed by atoms with Crippen LogP contribution in [0.25, 0.3) is 55.2 Å². The van der Waals surface area contributed by atoms with Crippen LogP contribution in [-0.2, 0) is 23.3 Å². The number of hydrogen-bond donors (Lipinski definition) is 0. The molecule has 8 aromatic rings. The molecule has 0 fully saturated rings. The zero-order chi connectivity index (χ0) is 33.8. The fourth-order valence-corrected chi connectivity index (χ4v) is 5.93. The van der Waals surface area contributed by atoms with Gasteiger partial charge in [0.1, 0.15) is 0 Å². The van der Waals surface area contributed by atoms with E-state index in [4.69, 9.17) is 0 Å². The maximum absolute atomic E-state index is 4.41. The third kappa shape index (κ3) is 9.30. The van der Waals surface area contributed by atoms with Gasteiger partial charge in [0.25, 0.3) is 0 Å². The molecule has 2 aromatic heterocycles. The predicted octanol–water partition coefficient (Wildman–Crippen LogP) is 4.85. The third-order valence-electron chi connectivity index (χ3n) is 8.16. The van der Waals surface area contributed by atoms with Crippen molar-refractivity contribution >= 4 is 27.0 Å². The summed E-state index contributed by atoms with van der Waals surface area (Å²) in [6.45, 7) is 13.1. The summed E-state index contributed by atoms with van der Waals surface area (Å²) in [4.78, 5) is 0. The summed E-state index contributed by atoms with van der Waals surface area (Å²) in [7, 11) is 0. The van der Waals surface area contributed by atoms with Crippen molar-refractivity contribution in [2.75, 3.05) is 0 Å². The van der Waals surface area contributed by atoms with E-state index in [0.717, 1.165) is 11.4 Å². The number of aryl methyl sites for hydroxylation is 4. The molecule has 0 spiro atoms. The number of halogens is 2. The number of rotatable bonds is 4. The summed E-state index contributed by atoms with van der Waals surface area (Å²) in [6, 6.07) is 39.2. The Morgan fingerprint density at radius 2 is 0.900 bits per heavy atom. The molecule has 252 valence electrons. The Bertz CT molecular complexity index is 2140. The van der Waals surface area contributed by atoms with Gasteiger partial charge in [0.2, 0.25) is 0 Å². The van der Waals surface area contributed by atoms with Crippen molar-refractivity contribution < 1.29 is 48.1 Å². The first-order valence-electron chi connectivity index (χ1n) is 16.2. The van der Waals surface area contributed by atoms with Crippen molar-refractivity contribution in [2.45, 2.75) is 40.8 Å². The van der Waals surface area contributed by atoms with E-state index in [1.807, 2.05) is 46.3 Å². The molecule has 0 saturated heterocycles. The van der Waals surface area contributed by atoms with E-state index >= 15 is 0 Å². The van der Waals surface area contributed by atoms with Crippen LogP contribution in [0.2, 0.25) is 13.1 Å². The van der Waals surface area contributed by atoms with Crippen molar-refractivity contribution in [3.63, 3.8) is 0 Å². The molecule has 4 nitrogen and oxygen atoms in total. The monoisotopic (exact) mass is 788 g/mol. The van der Waals surface area contributed by atoms with Crippen molar-refractivity contribution in [3.05, 3.63) is 156 Å². The minimum absolute atomic E-state index is 0. The molecule has 0 unspecified atom stereocenters. The SMILES string of the molecule is C[Si](C)=[Zr+2].Cc1ccc(-c2cc(-n3cccn3)c3cc(C)[cH-]c3c2)cc1.Cc1ccc(-c2cc(-n3cccn3)c3cc(C)[cH-]c3c2)cc1.[Cl-].[Cl-]. The molecule has 0 saturated carbocycles. The van der Waals surface area contributed by atoms with E-state index < -0.39 is 0 Å². The molecule has 0 atom stereocenters. The van der Waals surface area contributed by atoms with Crippen molar-refractivity contribution in [3.8, 4) is 33.6 Å². The molecule has 0 N–H and O–H groups in total. The molecule has 0 aliphatic carbocycles. The minimum Gasteiger partial charge on any atom is -1.00 e. The van der Waals surface area contributed by atoms with Crippen LogP contribution in [0.1, 0.15) is 22.3 Å². The van der Waals surface area contributed by atoms with Gasteiger partial charge >= 0.3 is 41.9 Å². The minimum atomic E-state index is 0. The van der Waals surface area contributed by atoms with Gasteiger partial charge in [-0.2, -0.15) is 22.3 Å². The van der Waals surface area contributed by atoms with E-state index in [-0.39, 0.29) is 30.2 Å². The topological polar surface area (TPSA) is 35.6 Å². The summed E-state index contributed by atoms with van der Waals surface area (Å²) < 4.78 is 3.89. The number of fused-ring (bicyclic) bond motifs is 2. The van der Waals surface area contributed by atoms with Crippen LogP contribution < -0.4 is 24.8 Å². The number of hydrogen-bond acceptors (Lipinski definition) is 2. The van der Waals surface area contributed by atoms with Crippen LogP contribution in [0, 0.1) is 27.7 Å². The van der Waals surface area contributed by atoms with Crippen molar-refractivity contribution in [1.29, 1.82) is 0 Å². The fourth-order valence-electron chi connectivity index (χ4n) is 5.93. The molecule has 8 rings (SSSR count). The van der Waals surface area contributed by atoms with Gasteiger partial charge in [-0.25, -0.2) is 0 Å². The molecule has 0 amide bonds. The van der Waals surface area contributed by atoms with E-state index in [2.05, 4.69) is 148 Å². The molecule has 8 heteroatoms. The molecular weight excluding hydrogens is 751 g/mol. The van der Waals surface area contributed by atoms with Gasteiger partial charge in [-0.15, -0.1) is 56.9 Å². The number of aromatic nitrogens is 4. The molecule has 50 heavy (non-hydrogen) atoms. The van der Waals surface area contributed by atoms with Gasteiger partial charge in [0, 0.05) is 36.2 Å². The summed E-state index contributed by atoms with van der Waals surface area (Å²) in [6.07, 6.45) is 7.63. The molecule has 0 aliphatic heterocycles. The first kappa shape index (κ1) is 39.0. The van der Waals surface area contributed by atoms with E-state index in [1.54, 1.807) is 23.3 Å². The van der Waals surface area contributed by atoms with Crippen LogP contribution in [0.4, 0.5) is 0 Å². The second-order valence-electron chi connectivity index (χ2n) is 12.7. The summed E-state index contributed by atoms with van der Waals surface area (Å²) in [5, 5.41) is 13.8. The Kier molecular flexibility index (Phi) is 13.6. The molecule has 6 aromatic carbocycles. The van der Waals surface area contributed by atoms with Gasteiger partial charge in [0.05, 0.1) is 0 Å². The number of nitrogens with zero attached hydrogens (tertiary/aromatic N) is 4. The summed E-state index contributed by atoms with van der Waals surface area (Å²) in [5.41, 5.74) is 12.5. The Hall–Kier alpha value is -3.80. The molecule has 2 heterocycles. The van der Waals surface area contributed by atoms with Crippen LogP contribution in [0.15, 0.2) is 134 Å². The van der Waals surface area contributed by atoms with Crippen molar-refractivity contribution in [1.82, 2.24) is 19.6 Å². The van der Waals surface area contributed by atoms with Gasteiger partial charge in [-0.05, 0) is 49.2 Å². The Morgan fingerprint density at radius 3 is 1.22 bits per heavy atom.